The Morgan fingerprint density at radius 1 is 0.886 bits per heavy atom. The van der Waals surface area contributed by atoms with Gasteiger partial charge in [-0.2, -0.15) is 13.2 Å². The number of fused-ring (bicyclic) bond motifs is 5. The summed E-state index contributed by atoms with van der Waals surface area (Å²) >= 11 is 0. The number of hydrogen-bond acceptors (Lipinski definition) is 2. The molecular formula is C30H51F3O2. The Morgan fingerprint density at radius 2 is 1.51 bits per heavy atom. The summed E-state index contributed by atoms with van der Waals surface area (Å²) in [7, 11) is 0. The first-order valence-corrected chi connectivity index (χ1v) is 14.5. The van der Waals surface area contributed by atoms with Crippen molar-refractivity contribution in [1.29, 1.82) is 0 Å². The molecule has 0 aromatic carbocycles. The minimum Gasteiger partial charge on any atom is -0.390 e. The second-order valence-corrected chi connectivity index (χ2v) is 14.5. The lowest BCUT2D eigenvalue weighted by Gasteiger charge is -2.65. The minimum atomic E-state index is -4.57. The number of aliphatic hydroxyl groups is 2. The van der Waals surface area contributed by atoms with Crippen LogP contribution in [0.3, 0.4) is 0 Å². The van der Waals surface area contributed by atoms with Crippen molar-refractivity contribution in [3.63, 3.8) is 0 Å². The van der Waals surface area contributed by atoms with E-state index >= 15 is 0 Å². The molecule has 4 saturated carbocycles. The van der Waals surface area contributed by atoms with Gasteiger partial charge in [0.15, 0.2) is 5.60 Å². The quantitative estimate of drug-likeness (QED) is 0.399. The molecule has 10 atom stereocenters. The predicted molar refractivity (Wildman–Crippen MR) is 135 cm³/mol. The van der Waals surface area contributed by atoms with Crippen molar-refractivity contribution < 1.29 is 23.4 Å². The zero-order valence-electron chi connectivity index (χ0n) is 23.1. The average molecular weight is 501 g/mol. The Morgan fingerprint density at radius 3 is 2.14 bits per heavy atom. The van der Waals surface area contributed by atoms with Crippen molar-refractivity contribution in [2.75, 3.05) is 0 Å². The molecule has 4 rings (SSSR count). The zero-order chi connectivity index (χ0) is 26.1. The first-order valence-electron chi connectivity index (χ1n) is 14.5. The van der Waals surface area contributed by atoms with Gasteiger partial charge in [-0.3, -0.25) is 0 Å². The molecule has 0 radical (unpaired) electrons. The van der Waals surface area contributed by atoms with Crippen LogP contribution in [0.1, 0.15) is 125 Å². The van der Waals surface area contributed by atoms with E-state index in [-0.39, 0.29) is 28.6 Å². The molecule has 0 aromatic heterocycles. The summed E-state index contributed by atoms with van der Waals surface area (Å²) in [5.41, 5.74) is -2.36. The van der Waals surface area contributed by atoms with E-state index in [1.165, 1.54) is 38.5 Å². The van der Waals surface area contributed by atoms with Gasteiger partial charge < -0.3 is 10.2 Å². The Kier molecular flexibility index (Phi) is 7.04. The Bertz CT molecular complexity index is 780. The fourth-order valence-electron chi connectivity index (χ4n) is 10.4. The van der Waals surface area contributed by atoms with Gasteiger partial charge in [-0.1, -0.05) is 41.0 Å². The molecule has 0 aliphatic heterocycles. The van der Waals surface area contributed by atoms with Gasteiger partial charge in [0, 0.05) is 0 Å². The van der Waals surface area contributed by atoms with Crippen LogP contribution < -0.4 is 0 Å². The van der Waals surface area contributed by atoms with Crippen LogP contribution in [0.4, 0.5) is 13.2 Å². The highest BCUT2D eigenvalue weighted by molar-refractivity contribution is 5.14. The topological polar surface area (TPSA) is 40.5 Å². The zero-order valence-corrected chi connectivity index (χ0v) is 23.1. The van der Waals surface area contributed by atoms with Crippen LogP contribution in [-0.2, 0) is 0 Å². The van der Waals surface area contributed by atoms with Gasteiger partial charge in [0.05, 0.1) is 5.60 Å². The first kappa shape index (κ1) is 27.7. The van der Waals surface area contributed by atoms with Crippen LogP contribution in [-0.4, -0.2) is 27.6 Å². The molecule has 4 aliphatic rings. The fraction of sp³-hybridized carbons (Fsp3) is 1.00. The van der Waals surface area contributed by atoms with E-state index in [4.69, 9.17) is 0 Å². The van der Waals surface area contributed by atoms with E-state index in [0.717, 1.165) is 39.0 Å². The normalized spacial score (nSPS) is 48.8. The van der Waals surface area contributed by atoms with Gasteiger partial charge in [-0.15, -0.1) is 0 Å². The summed E-state index contributed by atoms with van der Waals surface area (Å²) in [6.07, 6.45) is 7.81. The molecular weight excluding hydrogens is 449 g/mol. The highest BCUT2D eigenvalue weighted by atomic mass is 19.4. The maximum absolute atomic E-state index is 13.2. The molecule has 0 unspecified atom stereocenters. The van der Waals surface area contributed by atoms with Gasteiger partial charge in [0.2, 0.25) is 0 Å². The van der Waals surface area contributed by atoms with Crippen molar-refractivity contribution in [1.82, 2.24) is 0 Å². The standard InChI is InChI=1S/C30H51F3O2/c1-7-29(35)15-8-14-25(3)21(19-29)12-16-27(5)23-10-9-22(26(23,4)17-13-24(25)27)20(2)11-18-28(6,34)30(31,32)33/h20-24,34-35H,7-19H2,1-6H3/t20-,21+,22-,23-,24-,25+,26-,27+,28+,29+/m1/s1. The van der Waals surface area contributed by atoms with Crippen molar-refractivity contribution in [2.24, 2.45) is 45.8 Å². The lowest BCUT2D eigenvalue weighted by atomic mass is 9.40. The van der Waals surface area contributed by atoms with Crippen molar-refractivity contribution in [3.05, 3.63) is 0 Å². The summed E-state index contributed by atoms with van der Waals surface area (Å²) in [5, 5.41) is 21.2. The van der Waals surface area contributed by atoms with Gasteiger partial charge in [0.1, 0.15) is 0 Å². The lowest BCUT2D eigenvalue weighted by Crippen LogP contribution is -2.58. The number of alkyl halides is 3. The minimum absolute atomic E-state index is 0.173. The summed E-state index contributed by atoms with van der Waals surface area (Å²) in [4.78, 5) is 0. The highest BCUT2D eigenvalue weighted by Gasteiger charge is 2.65. The van der Waals surface area contributed by atoms with Crippen molar-refractivity contribution in [2.45, 2.75) is 142 Å². The molecule has 2 nitrogen and oxygen atoms in total. The van der Waals surface area contributed by atoms with E-state index in [1.54, 1.807) is 0 Å². The van der Waals surface area contributed by atoms with E-state index in [2.05, 4.69) is 34.6 Å². The van der Waals surface area contributed by atoms with Gasteiger partial charge in [0.25, 0.3) is 0 Å². The third-order valence-electron chi connectivity index (χ3n) is 12.8. The SMILES string of the molecule is CC[C@]1(O)CCC[C@@]2(C)[C@@H](CC[C@]3(C)[C@@H]2CC[C@@]2(C)[C@H]3CC[C@@H]2[C@H](C)CC[C@](C)(O)C(F)(F)F)C1. The van der Waals surface area contributed by atoms with E-state index < -0.39 is 17.4 Å². The van der Waals surface area contributed by atoms with Gasteiger partial charge in [-0.05, 0) is 130 Å². The van der Waals surface area contributed by atoms with Crippen LogP contribution in [0.2, 0.25) is 0 Å². The van der Waals surface area contributed by atoms with E-state index in [9.17, 15) is 23.4 Å². The largest absolute Gasteiger partial charge is 0.416 e. The van der Waals surface area contributed by atoms with Gasteiger partial charge >= 0.3 is 6.18 Å². The van der Waals surface area contributed by atoms with Crippen molar-refractivity contribution in [3.8, 4) is 0 Å². The second kappa shape index (κ2) is 8.89. The van der Waals surface area contributed by atoms with Crippen LogP contribution in [0, 0.1) is 45.8 Å². The van der Waals surface area contributed by atoms with E-state index in [0.29, 0.717) is 30.1 Å². The Hall–Kier alpha value is -0.290. The number of halogens is 3. The Labute approximate surface area is 211 Å². The molecule has 4 aliphatic carbocycles. The number of rotatable bonds is 5. The monoisotopic (exact) mass is 500 g/mol. The summed E-state index contributed by atoms with van der Waals surface area (Å²) < 4.78 is 39.7. The molecule has 4 fully saturated rings. The van der Waals surface area contributed by atoms with Crippen molar-refractivity contribution >= 4 is 0 Å². The molecule has 0 spiro atoms. The molecule has 0 saturated heterocycles. The predicted octanol–water partition coefficient (Wildman–Crippen LogP) is 8.30. The Balaban J connectivity index is 1.53. The van der Waals surface area contributed by atoms with Crippen LogP contribution >= 0.6 is 0 Å². The maximum Gasteiger partial charge on any atom is 0.416 e. The summed E-state index contributed by atoms with van der Waals surface area (Å²) in [6.45, 7) is 12.7. The fourth-order valence-corrected chi connectivity index (χ4v) is 10.4. The highest BCUT2D eigenvalue weighted by Crippen LogP contribution is 2.73. The summed E-state index contributed by atoms with van der Waals surface area (Å²) in [6, 6.07) is 0. The molecule has 35 heavy (non-hydrogen) atoms. The third-order valence-corrected chi connectivity index (χ3v) is 12.8. The van der Waals surface area contributed by atoms with Crippen LogP contribution in [0.15, 0.2) is 0 Å². The third kappa shape index (κ3) is 4.41. The molecule has 0 bridgehead atoms. The van der Waals surface area contributed by atoms with Crippen LogP contribution in [0.25, 0.3) is 0 Å². The molecule has 204 valence electrons. The smallest absolute Gasteiger partial charge is 0.390 e. The molecule has 0 aromatic rings. The molecule has 2 N–H and O–H groups in total. The maximum atomic E-state index is 13.2. The molecule has 5 heteroatoms. The first-order chi connectivity index (χ1) is 16.0. The van der Waals surface area contributed by atoms with Gasteiger partial charge in [-0.25, -0.2) is 0 Å². The second-order valence-electron chi connectivity index (χ2n) is 14.5. The summed E-state index contributed by atoms with van der Waals surface area (Å²) in [5.74, 6) is 2.50. The van der Waals surface area contributed by atoms with Crippen LogP contribution in [0.5, 0.6) is 0 Å². The molecule has 0 heterocycles. The number of hydrogen-bond donors (Lipinski definition) is 2. The van der Waals surface area contributed by atoms with E-state index in [1.807, 2.05) is 0 Å². The molecule has 0 amide bonds. The lowest BCUT2D eigenvalue weighted by molar-refractivity contribution is -0.256. The average Bonchev–Trinajstić information content (AvgIpc) is 3.05.